The standard InChI is InChI=1S/C23H22ClNO8/c1-30-20(27)10-15(17-12-32-19-3-2-13(24)8-16(19)21(17)28)23-22(29)18(26)9-14(33-23)11-25-4-6-31-7-5-25/h2-3,8-9,12,15,29H,4-7,10-11H2,1H3. The molecule has 1 aliphatic rings. The predicted molar refractivity (Wildman–Crippen MR) is 119 cm³/mol. The minimum atomic E-state index is -1.12. The summed E-state index contributed by atoms with van der Waals surface area (Å²) in [6.45, 7) is 2.72. The summed E-state index contributed by atoms with van der Waals surface area (Å²) in [5.74, 6) is -2.37. The van der Waals surface area contributed by atoms with E-state index < -0.39 is 28.5 Å². The van der Waals surface area contributed by atoms with Crippen molar-refractivity contribution in [3.8, 4) is 5.75 Å². The zero-order valence-corrected chi connectivity index (χ0v) is 18.6. The van der Waals surface area contributed by atoms with Gasteiger partial charge in [-0.3, -0.25) is 19.3 Å². The number of ether oxygens (including phenoxy) is 2. The normalized spacial score (nSPS) is 15.5. The number of methoxy groups -OCH3 is 1. The number of hydrogen-bond donors (Lipinski definition) is 1. The first-order valence-electron chi connectivity index (χ1n) is 10.3. The van der Waals surface area contributed by atoms with Crippen LogP contribution >= 0.6 is 11.6 Å². The highest BCUT2D eigenvalue weighted by molar-refractivity contribution is 6.31. The molecule has 1 saturated heterocycles. The van der Waals surface area contributed by atoms with Crippen LogP contribution in [0.1, 0.15) is 29.4 Å². The van der Waals surface area contributed by atoms with Crippen molar-refractivity contribution >= 4 is 28.5 Å². The van der Waals surface area contributed by atoms with Crippen molar-refractivity contribution in [1.82, 2.24) is 4.90 Å². The predicted octanol–water partition coefficient (Wildman–Crippen LogP) is 2.63. The molecule has 174 valence electrons. The second-order valence-corrected chi connectivity index (χ2v) is 8.11. The van der Waals surface area contributed by atoms with Gasteiger partial charge in [0.25, 0.3) is 0 Å². The maximum Gasteiger partial charge on any atom is 0.306 e. The molecular weight excluding hydrogens is 454 g/mol. The SMILES string of the molecule is COC(=O)CC(c1oc(CN2CCOCC2)cc(=O)c1O)c1coc2ccc(Cl)cc2c1=O. The molecule has 3 heterocycles. The maximum absolute atomic E-state index is 13.3. The molecule has 0 spiro atoms. The molecule has 1 atom stereocenters. The second-order valence-electron chi connectivity index (χ2n) is 7.67. The Morgan fingerprint density at radius 1 is 1.24 bits per heavy atom. The van der Waals surface area contributed by atoms with Crippen molar-refractivity contribution in [3.63, 3.8) is 0 Å². The first-order valence-corrected chi connectivity index (χ1v) is 10.7. The van der Waals surface area contributed by atoms with E-state index in [-0.39, 0.29) is 28.9 Å². The number of halogens is 1. The van der Waals surface area contributed by atoms with Crippen molar-refractivity contribution in [2.45, 2.75) is 18.9 Å². The van der Waals surface area contributed by atoms with Crippen molar-refractivity contribution in [2.75, 3.05) is 33.4 Å². The van der Waals surface area contributed by atoms with Crippen LogP contribution in [0.15, 0.2) is 49.0 Å². The van der Waals surface area contributed by atoms with E-state index in [0.29, 0.717) is 43.5 Å². The van der Waals surface area contributed by atoms with Gasteiger partial charge in [0.1, 0.15) is 11.3 Å². The molecule has 9 nitrogen and oxygen atoms in total. The summed E-state index contributed by atoms with van der Waals surface area (Å²) in [5, 5.41) is 11.1. The zero-order valence-electron chi connectivity index (χ0n) is 17.8. The molecule has 1 N–H and O–H groups in total. The molecule has 0 aliphatic carbocycles. The smallest absolute Gasteiger partial charge is 0.306 e. The molecule has 0 bridgehead atoms. The van der Waals surface area contributed by atoms with Crippen LogP contribution in [0.2, 0.25) is 5.02 Å². The summed E-state index contributed by atoms with van der Waals surface area (Å²) in [4.78, 5) is 40.0. The van der Waals surface area contributed by atoms with Crippen molar-refractivity contribution in [1.29, 1.82) is 0 Å². The molecule has 0 saturated carbocycles. The highest BCUT2D eigenvalue weighted by Crippen LogP contribution is 2.33. The van der Waals surface area contributed by atoms with Gasteiger partial charge in [-0.05, 0) is 18.2 Å². The van der Waals surface area contributed by atoms with Crippen LogP contribution in [0.3, 0.4) is 0 Å². The Kier molecular flexibility index (Phi) is 6.83. The molecule has 4 rings (SSSR count). The Labute approximate surface area is 193 Å². The lowest BCUT2D eigenvalue weighted by atomic mass is 9.92. The van der Waals surface area contributed by atoms with Gasteiger partial charge in [0, 0.05) is 29.7 Å². The minimum Gasteiger partial charge on any atom is -0.502 e. The third-order valence-electron chi connectivity index (χ3n) is 5.53. The fourth-order valence-electron chi connectivity index (χ4n) is 3.80. The Morgan fingerprint density at radius 3 is 2.73 bits per heavy atom. The van der Waals surface area contributed by atoms with Gasteiger partial charge >= 0.3 is 5.97 Å². The molecule has 0 radical (unpaired) electrons. The highest BCUT2D eigenvalue weighted by Gasteiger charge is 2.30. The fraction of sp³-hybridized carbons (Fsp3) is 0.348. The van der Waals surface area contributed by atoms with E-state index in [9.17, 15) is 19.5 Å². The average Bonchev–Trinajstić information content (AvgIpc) is 2.81. The van der Waals surface area contributed by atoms with Crippen LogP contribution in [-0.4, -0.2) is 49.4 Å². The van der Waals surface area contributed by atoms with Gasteiger partial charge in [-0.2, -0.15) is 0 Å². The molecule has 2 aromatic heterocycles. The van der Waals surface area contributed by atoms with Gasteiger partial charge in [0.15, 0.2) is 11.2 Å². The molecule has 33 heavy (non-hydrogen) atoms. The summed E-state index contributed by atoms with van der Waals surface area (Å²) in [6.07, 6.45) is 0.838. The largest absolute Gasteiger partial charge is 0.502 e. The van der Waals surface area contributed by atoms with Gasteiger partial charge in [-0.1, -0.05) is 11.6 Å². The van der Waals surface area contributed by atoms with Gasteiger partial charge in [0.05, 0.1) is 50.9 Å². The highest BCUT2D eigenvalue weighted by atomic mass is 35.5. The van der Waals surface area contributed by atoms with Gasteiger partial charge in [-0.15, -0.1) is 0 Å². The van der Waals surface area contributed by atoms with E-state index in [0.717, 1.165) is 0 Å². The second kappa shape index (κ2) is 9.78. The van der Waals surface area contributed by atoms with Crippen LogP contribution in [0.25, 0.3) is 11.0 Å². The fourth-order valence-corrected chi connectivity index (χ4v) is 3.97. The van der Waals surface area contributed by atoms with Gasteiger partial charge in [0.2, 0.25) is 11.2 Å². The Balaban J connectivity index is 1.83. The first kappa shape index (κ1) is 23.0. The summed E-state index contributed by atoms with van der Waals surface area (Å²) < 4.78 is 21.6. The quantitative estimate of drug-likeness (QED) is 0.536. The topological polar surface area (TPSA) is 119 Å². The Bertz CT molecular complexity index is 1290. The molecule has 1 fully saturated rings. The molecule has 1 unspecified atom stereocenters. The van der Waals surface area contributed by atoms with E-state index in [2.05, 4.69) is 0 Å². The van der Waals surface area contributed by atoms with Crippen LogP contribution in [0.4, 0.5) is 0 Å². The molecule has 10 heteroatoms. The summed E-state index contributed by atoms with van der Waals surface area (Å²) in [7, 11) is 1.20. The number of benzene rings is 1. The number of nitrogens with zero attached hydrogens (tertiary/aromatic N) is 1. The lowest BCUT2D eigenvalue weighted by molar-refractivity contribution is -0.140. The summed E-state index contributed by atoms with van der Waals surface area (Å²) in [5.41, 5.74) is -0.815. The number of aromatic hydroxyl groups is 1. The van der Waals surface area contributed by atoms with Crippen molar-refractivity contribution < 1.29 is 28.2 Å². The lowest BCUT2D eigenvalue weighted by Gasteiger charge is -2.26. The van der Waals surface area contributed by atoms with E-state index in [1.165, 1.54) is 25.5 Å². The summed E-state index contributed by atoms with van der Waals surface area (Å²) >= 11 is 6.04. The third-order valence-corrected chi connectivity index (χ3v) is 5.77. The summed E-state index contributed by atoms with van der Waals surface area (Å²) in [6, 6.07) is 5.79. The number of morpholine rings is 1. The monoisotopic (exact) mass is 475 g/mol. The van der Waals surface area contributed by atoms with Crippen molar-refractivity contribution in [2.24, 2.45) is 0 Å². The maximum atomic E-state index is 13.3. The number of hydrogen-bond acceptors (Lipinski definition) is 9. The number of rotatable bonds is 6. The molecule has 3 aromatic rings. The number of fused-ring (bicyclic) bond motifs is 1. The van der Waals surface area contributed by atoms with Gasteiger partial charge < -0.3 is 23.4 Å². The van der Waals surface area contributed by atoms with Crippen LogP contribution in [0, 0.1) is 0 Å². The molecule has 1 aromatic carbocycles. The van der Waals surface area contributed by atoms with E-state index in [1.807, 2.05) is 4.90 Å². The van der Waals surface area contributed by atoms with E-state index in [4.69, 9.17) is 29.9 Å². The minimum absolute atomic E-state index is 0.0251. The van der Waals surface area contributed by atoms with Crippen LogP contribution in [-0.2, 0) is 20.8 Å². The van der Waals surface area contributed by atoms with E-state index >= 15 is 0 Å². The molecular formula is C23H22ClNO8. The Morgan fingerprint density at radius 2 is 2.00 bits per heavy atom. The number of esters is 1. The number of carbonyl (C=O) groups is 1. The first-order chi connectivity index (χ1) is 15.9. The van der Waals surface area contributed by atoms with Crippen molar-refractivity contribution in [3.05, 3.63) is 73.1 Å². The molecule has 1 aliphatic heterocycles. The average molecular weight is 476 g/mol. The number of carbonyl (C=O) groups excluding carboxylic acids is 1. The Hall–Kier alpha value is -3.14. The third kappa shape index (κ3) is 4.95. The van der Waals surface area contributed by atoms with E-state index in [1.54, 1.807) is 12.1 Å². The molecule has 0 amide bonds. The van der Waals surface area contributed by atoms with Gasteiger partial charge in [-0.25, -0.2) is 0 Å². The lowest BCUT2D eigenvalue weighted by Crippen LogP contribution is -2.35. The van der Waals surface area contributed by atoms with Crippen LogP contribution < -0.4 is 10.9 Å². The zero-order chi connectivity index (χ0) is 23.5. The van der Waals surface area contributed by atoms with Crippen LogP contribution in [0.5, 0.6) is 5.75 Å².